The number of hydrogen-bond acceptors (Lipinski definition) is 3. The van der Waals surface area contributed by atoms with E-state index in [-0.39, 0.29) is 0 Å². The smallest absolute Gasteiger partial charge is 0.122 e. The molecule has 1 heterocycles. The van der Waals surface area contributed by atoms with Gasteiger partial charge in [-0.05, 0) is 30.7 Å². The molecule has 2 aromatic rings. The Hall–Kier alpha value is -1.94. The molecule has 0 aliphatic carbocycles. The van der Waals surface area contributed by atoms with Crippen LogP contribution in [0.3, 0.4) is 0 Å². The van der Waals surface area contributed by atoms with Crippen molar-refractivity contribution in [2.75, 3.05) is 11.9 Å². The van der Waals surface area contributed by atoms with E-state index in [0.29, 0.717) is 10.7 Å². The number of benzene rings is 1. The summed E-state index contributed by atoms with van der Waals surface area (Å²) >= 11 is 4.95. The van der Waals surface area contributed by atoms with E-state index in [2.05, 4.69) is 28.9 Å². The molecule has 4 heteroatoms. The van der Waals surface area contributed by atoms with E-state index in [1.54, 1.807) is 6.20 Å². The van der Waals surface area contributed by atoms with Gasteiger partial charge in [-0.1, -0.05) is 30.4 Å². The van der Waals surface area contributed by atoms with Gasteiger partial charge in [0.1, 0.15) is 4.99 Å². The summed E-state index contributed by atoms with van der Waals surface area (Å²) in [5, 5.41) is 0. The van der Waals surface area contributed by atoms with Crippen LogP contribution in [0.4, 0.5) is 11.4 Å². The lowest BCUT2D eigenvalue weighted by Gasteiger charge is -2.21. The third-order valence-corrected chi connectivity index (χ3v) is 3.07. The number of anilines is 2. The van der Waals surface area contributed by atoms with Crippen molar-refractivity contribution >= 4 is 28.6 Å². The van der Waals surface area contributed by atoms with Crippen LogP contribution in [-0.2, 0) is 0 Å². The lowest BCUT2D eigenvalue weighted by molar-refractivity contribution is 1.16. The van der Waals surface area contributed by atoms with Crippen LogP contribution < -0.4 is 10.6 Å². The van der Waals surface area contributed by atoms with Crippen LogP contribution in [0.5, 0.6) is 0 Å². The quantitative estimate of drug-likeness (QED) is 0.859. The van der Waals surface area contributed by atoms with Gasteiger partial charge in [0.25, 0.3) is 0 Å². The maximum absolute atomic E-state index is 5.60. The average molecular weight is 257 g/mol. The van der Waals surface area contributed by atoms with Gasteiger partial charge in [0.2, 0.25) is 0 Å². The highest BCUT2D eigenvalue weighted by Crippen LogP contribution is 2.26. The van der Waals surface area contributed by atoms with Crippen LogP contribution in [0.15, 0.2) is 42.6 Å². The summed E-state index contributed by atoms with van der Waals surface area (Å²) in [6.45, 7) is 2.08. The largest absolute Gasteiger partial charge is 0.388 e. The van der Waals surface area contributed by atoms with Crippen molar-refractivity contribution in [3.63, 3.8) is 0 Å². The summed E-state index contributed by atoms with van der Waals surface area (Å²) in [6.07, 6.45) is 1.72. The Morgan fingerprint density at radius 2 is 2.00 bits per heavy atom. The first-order valence-corrected chi connectivity index (χ1v) is 6.05. The van der Waals surface area contributed by atoms with Crippen LogP contribution in [0.1, 0.15) is 11.3 Å². The molecule has 0 aliphatic rings. The molecule has 0 fully saturated rings. The molecule has 0 saturated carbocycles. The number of pyridine rings is 1. The normalized spacial score (nSPS) is 10.1. The lowest BCUT2D eigenvalue weighted by atomic mass is 10.1. The lowest BCUT2D eigenvalue weighted by Crippen LogP contribution is -2.15. The molecule has 18 heavy (non-hydrogen) atoms. The number of aromatic nitrogens is 1. The van der Waals surface area contributed by atoms with Crippen LogP contribution in [-0.4, -0.2) is 17.0 Å². The van der Waals surface area contributed by atoms with Gasteiger partial charge in [-0.25, -0.2) is 0 Å². The fraction of sp³-hybridized carbons (Fsp3) is 0.143. The molecule has 92 valence electrons. The Morgan fingerprint density at radius 1 is 1.28 bits per heavy atom. The molecular weight excluding hydrogens is 242 g/mol. The molecule has 0 spiro atoms. The zero-order chi connectivity index (χ0) is 13.1. The number of nitrogens with zero attached hydrogens (tertiary/aromatic N) is 2. The molecule has 2 rings (SSSR count). The summed E-state index contributed by atoms with van der Waals surface area (Å²) in [7, 11) is 2.01. The van der Waals surface area contributed by atoms with Gasteiger partial charge in [-0.3, -0.25) is 4.98 Å². The zero-order valence-corrected chi connectivity index (χ0v) is 11.2. The molecule has 0 aliphatic heterocycles. The Balaban J connectivity index is 2.40. The van der Waals surface area contributed by atoms with Crippen LogP contribution in [0.2, 0.25) is 0 Å². The number of rotatable bonds is 3. The van der Waals surface area contributed by atoms with Crippen LogP contribution in [0.25, 0.3) is 0 Å². The molecule has 2 N–H and O–H groups in total. The molecule has 0 radical (unpaired) electrons. The van der Waals surface area contributed by atoms with Crippen LogP contribution >= 0.6 is 12.2 Å². The number of para-hydroxylation sites is 1. The van der Waals surface area contributed by atoms with Gasteiger partial charge >= 0.3 is 0 Å². The second kappa shape index (κ2) is 5.14. The van der Waals surface area contributed by atoms with E-state index in [1.165, 1.54) is 5.56 Å². The summed E-state index contributed by atoms with van der Waals surface area (Å²) in [5.41, 5.74) is 9.63. The minimum absolute atomic E-state index is 0.315. The molecule has 0 atom stereocenters. The minimum atomic E-state index is 0.315. The van der Waals surface area contributed by atoms with E-state index in [1.807, 2.05) is 31.3 Å². The average Bonchev–Trinajstić information content (AvgIpc) is 2.38. The summed E-state index contributed by atoms with van der Waals surface area (Å²) < 4.78 is 0. The second-order valence-electron chi connectivity index (χ2n) is 4.11. The van der Waals surface area contributed by atoms with E-state index >= 15 is 0 Å². The van der Waals surface area contributed by atoms with Gasteiger partial charge in [-0.15, -0.1) is 0 Å². The van der Waals surface area contributed by atoms with Gasteiger partial charge in [0.15, 0.2) is 0 Å². The highest BCUT2D eigenvalue weighted by Gasteiger charge is 2.08. The Labute approximate surface area is 112 Å². The van der Waals surface area contributed by atoms with Crippen molar-refractivity contribution in [2.24, 2.45) is 5.73 Å². The maximum Gasteiger partial charge on any atom is 0.122 e. The molecular formula is C14H15N3S. The first-order chi connectivity index (χ1) is 8.59. The van der Waals surface area contributed by atoms with Crippen molar-refractivity contribution in [1.82, 2.24) is 4.98 Å². The van der Waals surface area contributed by atoms with Crippen molar-refractivity contribution in [2.45, 2.75) is 6.92 Å². The number of aryl methyl sites for hydroxylation is 1. The van der Waals surface area contributed by atoms with Crippen LogP contribution in [0, 0.1) is 6.92 Å². The predicted molar refractivity (Wildman–Crippen MR) is 79.4 cm³/mol. The third kappa shape index (κ3) is 2.49. The molecule has 0 bridgehead atoms. The van der Waals surface area contributed by atoms with E-state index in [4.69, 9.17) is 18.0 Å². The molecule has 1 aromatic heterocycles. The van der Waals surface area contributed by atoms with Crippen molar-refractivity contribution < 1.29 is 0 Å². The molecule has 1 aromatic carbocycles. The highest BCUT2D eigenvalue weighted by molar-refractivity contribution is 7.80. The summed E-state index contributed by atoms with van der Waals surface area (Å²) in [4.78, 5) is 6.56. The topological polar surface area (TPSA) is 42.2 Å². The SMILES string of the molecule is Cc1ccccc1N(C)c1ccnc(C(N)=S)c1. The first kappa shape index (κ1) is 12.5. The Kier molecular flexibility index (Phi) is 3.58. The van der Waals surface area contributed by atoms with Crippen molar-refractivity contribution in [3.8, 4) is 0 Å². The van der Waals surface area contributed by atoms with Crippen molar-refractivity contribution in [1.29, 1.82) is 0 Å². The molecule has 0 amide bonds. The van der Waals surface area contributed by atoms with E-state index in [9.17, 15) is 0 Å². The molecule has 0 saturated heterocycles. The van der Waals surface area contributed by atoms with Gasteiger partial charge in [-0.2, -0.15) is 0 Å². The van der Waals surface area contributed by atoms with E-state index < -0.39 is 0 Å². The summed E-state index contributed by atoms with van der Waals surface area (Å²) in [5.74, 6) is 0. The molecule has 0 unspecified atom stereocenters. The minimum Gasteiger partial charge on any atom is -0.388 e. The fourth-order valence-corrected chi connectivity index (χ4v) is 1.95. The van der Waals surface area contributed by atoms with Crippen molar-refractivity contribution in [3.05, 3.63) is 53.9 Å². The van der Waals surface area contributed by atoms with Gasteiger partial charge < -0.3 is 10.6 Å². The van der Waals surface area contributed by atoms with Gasteiger partial charge in [0.05, 0.1) is 5.69 Å². The highest BCUT2D eigenvalue weighted by atomic mass is 32.1. The third-order valence-electron chi connectivity index (χ3n) is 2.86. The Bertz CT molecular complexity index is 581. The second-order valence-corrected chi connectivity index (χ2v) is 4.55. The number of thiocarbonyl (C=S) groups is 1. The predicted octanol–water partition coefficient (Wildman–Crippen LogP) is 2.79. The van der Waals surface area contributed by atoms with E-state index in [0.717, 1.165) is 11.4 Å². The Morgan fingerprint density at radius 3 is 2.67 bits per heavy atom. The standard InChI is InChI=1S/C14H15N3S/c1-10-5-3-4-6-13(10)17(2)11-7-8-16-12(9-11)14(15)18/h3-9H,1-2H3,(H2,15,18). The maximum atomic E-state index is 5.60. The first-order valence-electron chi connectivity index (χ1n) is 5.65. The van der Waals surface area contributed by atoms with Gasteiger partial charge in [0, 0.05) is 24.6 Å². The number of nitrogens with two attached hydrogens (primary N) is 1. The molecule has 3 nitrogen and oxygen atoms in total. The number of hydrogen-bond donors (Lipinski definition) is 1. The summed E-state index contributed by atoms with van der Waals surface area (Å²) in [6, 6.07) is 12.1. The zero-order valence-electron chi connectivity index (χ0n) is 10.4. The monoisotopic (exact) mass is 257 g/mol. The fourth-order valence-electron chi connectivity index (χ4n) is 1.84.